The zero-order chi connectivity index (χ0) is 31.3. The van der Waals surface area contributed by atoms with Gasteiger partial charge in [0.25, 0.3) is 0 Å². The summed E-state index contributed by atoms with van der Waals surface area (Å²) in [5.41, 5.74) is 10.9. The molecule has 232 valence electrons. The third-order valence-electron chi connectivity index (χ3n) is 9.60. The van der Waals surface area contributed by atoms with Gasteiger partial charge in [-0.05, 0) is 123 Å². The van der Waals surface area contributed by atoms with E-state index in [4.69, 9.17) is 0 Å². The van der Waals surface area contributed by atoms with Crippen LogP contribution in [0.2, 0.25) is 0 Å². The molecule has 4 aromatic rings. The standard InChI is InChI=1S/C43H55N/c1-32(2)34(4)12-10-15-38-22-28-41(29-23-38)43(36(6)21-20-35(5)40-26-18-33(3)19-27-40)44-42-30-24-39(25-31-42)17-11-16-37-13-8-7-9-14-37/h7-9,13-14,18-19,22-31,34-36,43-44H,1,10-12,15-17,20-21H2,2-6H3. The van der Waals surface area contributed by atoms with E-state index in [1.165, 1.54) is 76.7 Å². The highest BCUT2D eigenvalue weighted by molar-refractivity contribution is 5.47. The van der Waals surface area contributed by atoms with Gasteiger partial charge >= 0.3 is 0 Å². The van der Waals surface area contributed by atoms with Crippen LogP contribution < -0.4 is 5.32 Å². The van der Waals surface area contributed by atoms with Crippen LogP contribution in [-0.2, 0) is 19.3 Å². The topological polar surface area (TPSA) is 12.0 Å². The molecule has 0 fully saturated rings. The minimum Gasteiger partial charge on any atom is -0.378 e. The lowest BCUT2D eigenvalue weighted by molar-refractivity contribution is 0.429. The van der Waals surface area contributed by atoms with Crippen molar-refractivity contribution in [3.8, 4) is 0 Å². The number of nitrogens with one attached hydrogen (secondary N) is 1. The lowest BCUT2D eigenvalue weighted by Gasteiger charge is -2.28. The van der Waals surface area contributed by atoms with E-state index in [-0.39, 0.29) is 6.04 Å². The molecule has 1 nitrogen and oxygen atoms in total. The summed E-state index contributed by atoms with van der Waals surface area (Å²) in [6.45, 7) is 15.5. The van der Waals surface area contributed by atoms with Crippen molar-refractivity contribution in [1.29, 1.82) is 0 Å². The quantitative estimate of drug-likeness (QED) is 0.122. The number of rotatable bonds is 17. The maximum absolute atomic E-state index is 4.13. The maximum atomic E-state index is 4.13. The van der Waals surface area contributed by atoms with Crippen LogP contribution in [0.1, 0.15) is 105 Å². The normalized spacial score (nSPS) is 14.0. The van der Waals surface area contributed by atoms with Crippen LogP contribution in [0, 0.1) is 18.8 Å². The molecule has 0 radical (unpaired) electrons. The Balaban J connectivity index is 1.40. The molecule has 0 aliphatic heterocycles. The van der Waals surface area contributed by atoms with Gasteiger partial charge in [-0.25, -0.2) is 0 Å². The molecule has 4 aromatic carbocycles. The van der Waals surface area contributed by atoms with Crippen molar-refractivity contribution in [2.24, 2.45) is 11.8 Å². The molecule has 0 aliphatic rings. The maximum Gasteiger partial charge on any atom is 0.0539 e. The van der Waals surface area contributed by atoms with Crippen LogP contribution in [0.25, 0.3) is 0 Å². The van der Waals surface area contributed by atoms with Gasteiger partial charge in [0.2, 0.25) is 0 Å². The lowest BCUT2D eigenvalue weighted by Crippen LogP contribution is -2.19. The van der Waals surface area contributed by atoms with Gasteiger partial charge in [0, 0.05) is 5.69 Å². The van der Waals surface area contributed by atoms with Crippen molar-refractivity contribution in [1.82, 2.24) is 0 Å². The minimum atomic E-state index is 0.265. The van der Waals surface area contributed by atoms with E-state index in [0.29, 0.717) is 17.8 Å². The molecular formula is C43H55N. The van der Waals surface area contributed by atoms with Gasteiger partial charge in [0.05, 0.1) is 6.04 Å². The summed E-state index contributed by atoms with van der Waals surface area (Å²) < 4.78 is 0. The Kier molecular flexibility index (Phi) is 12.9. The molecule has 0 aliphatic carbocycles. The van der Waals surface area contributed by atoms with Gasteiger partial charge in [0.1, 0.15) is 0 Å². The van der Waals surface area contributed by atoms with Crippen LogP contribution in [0.4, 0.5) is 5.69 Å². The molecule has 0 heterocycles. The van der Waals surface area contributed by atoms with Gasteiger partial charge < -0.3 is 5.32 Å². The summed E-state index contributed by atoms with van der Waals surface area (Å²) in [4.78, 5) is 0. The molecule has 0 spiro atoms. The largest absolute Gasteiger partial charge is 0.378 e. The Labute approximate surface area is 268 Å². The first-order valence-electron chi connectivity index (χ1n) is 17.0. The fourth-order valence-corrected chi connectivity index (χ4v) is 6.13. The van der Waals surface area contributed by atoms with Gasteiger partial charge in [-0.2, -0.15) is 0 Å². The number of hydrogen-bond donors (Lipinski definition) is 1. The number of aryl methyl sites for hydroxylation is 4. The van der Waals surface area contributed by atoms with E-state index in [1.807, 2.05) is 0 Å². The first-order chi connectivity index (χ1) is 21.3. The van der Waals surface area contributed by atoms with Crippen molar-refractivity contribution in [3.63, 3.8) is 0 Å². The predicted octanol–water partition coefficient (Wildman–Crippen LogP) is 12.1. The third-order valence-corrected chi connectivity index (χ3v) is 9.60. The number of benzene rings is 4. The van der Waals surface area contributed by atoms with Gasteiger partial charge in [-0.1, -0.05) is 129 Å². The smallest absolute Gasteiger partial charge is 0.0539 e. The molecular weight excluding hydrogens is 530 g/mol. The Morgan fingerprint density at radius 3 is 1.77 bits per heavy atom. The minimum absolute atomic E-state index is 0.265. The molecule has 0 aromatic heterocycles. The fraction of sp³-hybridized carbons (Fsp3) is 0.395. The second-order valence-corrected chi connectivity index (χ2v) is 13.4. The van der Waals surface area contributed by atoms with E-state index < -0.39 is 0 Å². The van der Waals surface area contributed by atoms with Crippen LogP contribution >= 0.6 is 0 Å². The van der Waals surface area contributed by atoms with E-state index in [0.717, 1.165) is 19.3 Å². The SMILES string of the molecule is C=C(C)C(C)CCCc1ccc(C(Nc2ccc(CCCc3ccccc3)cc2)C(C)CCC(C)c2ccc(C)cc2)cc1. The van der Waals surface area contributed by atoms with Gasteiger partial charge in [0.15, 0.2) is 0 Å². The molecule has 44 heavy (non-hydrogen) atoms. The van der Waals surface area contributed by atoms with Gasteiger partial charge in [-0.15, -0.1) is 0 Å². The molecule has 1 heteroatoms. The number of allylic oxidation sites excluding steroid dienone is 1. The Morgan fingerprint density at radius 1 is 0.614 bits per heavy atom. The summed E-state index contributed by atoms with van der Waals surface area (Å²) in [6, 6.07) is 38.8. The average Bonchev–Trinajstić information content (AvgIpc) is 3.04. The summed E-state index contributed by atoms with van der Waals surface area (Å²) in [5.74, 6) is 1.65. The first kappa shape index (κ1) is 33.3. The average molecular weight is 586 g/mol. The van der Waals surface area contributed by atoms with E-state index in [1.54, 1.807) is 0 Å². The molecule has 4 rings (SSSR count). The van der Waals surface area contributed by atoms with Crippen molar-refractivity contribution in [2.75, 3.05) is 5.32 Å². The summed E-state index contributed by atoms with van der Waals surface area (Å²) in [5, 5.41) is 3.96. The molecule has 4 atom stereocenters. The molecule has 4 unspecified atom stereocenters. The molecule has 1 N–H and O–H groups in total. The fourth-order valence-electron chi connectivity index (χ4n) is 6.13. The zero-order valence-electron chi connectivity index (χ0n) is 28.0. The van der Waals surface area contributed by atoms with Crippen LogP contribution in [0.3, 0.4) is 0 Å². The van der Waals surface area contributed by atoms with Crippen LogP contribution in [0.5, 0.6) is 0 Å². The highest BCUT2D eigenvalue weighted by Gasteiger charge is 2.21. The second-order valence-electron chi connectivity index (χ2n) is 13.4. The summed E-state index contributed by atoms with van der Waals surface area (Å²) in [7, 11) is 0. The van der Waals surface area contributed by atoms with Crippen molar-refractivity contribution >= 4 is 5.69 Å². The Bertz CT molecular complexity index is 1380. The summed E-state index contributed by atoms with van der Waals surface area (Å²) in [6.07, 6.45) is 9.31. The molecule has 0 saturated heterocycles. The van der Waals surface area contributed by atoms with Crippen molar-refractivity contribution in [2.45, 2.75) is 97.9 Å². The lowest BCUT2D eigenvalue weighted by atomic mass is 9.86. The van der Waals surface area contributed by atoms with Crippen molar-refractivity contribution in [3.05, 3.63) is 149 Å². The van der Waals surface area contributed by atoms with Crippen molar-refractivity contribution < 1.29 is 0 Å². The van der Waals surface area contributed by atoms with Crippen LogP contribution in [0.15, 0.2) is 115 Å². The highest BCUT2D eigenvalue weighted by Crippen LogP contribution is 2.33. The second kappa shape index (κ2) is 17.0. The molecule has 0 bridgehead atoms. The Hall–Kier alpha value is -3.58. The van der Waals surface area contributed by atoms with Crippen LogP contribution in [-0.4, -0.2) is 0 Å². The van der Waals surface area contributed by atoms with E-state index in [2.05, 4.69) is 150 Å². The monoisotopic (exact) mass is 585 g/mol. The number of anilines is 1. The zero-order valence-corrected chi connectivity index (χ0v) is 28.0. The van der Waals surface area contributed by atoms with E-state index in [9.17, 15) is 0 Å². The highest BCUT2D eigenvalue weighted by atomic mass is 14.9. The summed E-state index contributed by atoms with van der Waals surface area (Å²) >= 11 is 0. The third kappa shape index (κ3) is 10.5. The predicted molar refractivity (Wildman–Crippen MR) is 193 cm³/mol. The molecule has 0 saturated carbocycles. The van der Waals surface area contributed by atoms with Gasteiger partial charge in [-0.3, -0.25) is 0 Å². The Morgan fingerprint density at radius 2 is 1.16 bits per heavy atom. The first-order valence-corrected chi connectivity index (χ1v) is 17.0. The number of hydrogen-bond acceptors (Lipinski definition) is 1. The molecule has 0 amide bonds. The van der Waals surface area contributed by atoms with E-state index >= 15 is 0 Å².